The van der Waals surface area contributed by atoms with Gasteiger partial charge in [0.15, 0.2) is 0 Å². The Balaban J connectivity index is 1.63. The quantitative estimate of drug-likeness (QED) is 0.509. The smallest absolute Gasteiger partial charge is 0.251 e. The zero-order chi connectivity index (χ0) is 20.9. The molecule has 4 aromatic rings. The van der Waals surface area contributed by atoms with E-state index in [1.54, 1.807) is 7.11 Å². The van der Waals surface area contributed by atoms with Crippen molar-refractivity contribution in [3.8, 4) is 22.7 Å². The number of hydrogen-bond donors (Lipinski definition) is 1. The highest BCUT2D eigenvalue weighted by Gasteiger charge is 2.14. The molecule has 0 aliphatic carbocycles. The van der Waals surface area contributed by atoms with Crippen LogP contribution in [-0.2, 0) is 6.54 Å². The molecule has 5 heteroatoms. The number of amides is 1. The molecule has 1 amide bonds. The molecule has 0 unspecified atom stereocenters. The highest BCUT2D eigenvalue weighted by Crippen LogP contribution is 2.26. The fourth-order valence-electron chi connectivity index (χ4n) is 3.23. The highest BCUT2D eigenvalue weighted by molar-refractivity contribution is 5.94. The van der Waals surface area contributed by atoms with Crippen molar-refractivity contribution in [2.75, 3.05) is 7.11 Å². The molecule has 0 saturated heterocycles. The number of hydrogen-bond acceptors (Lipinski definition) is 3. The second-order valence-corrected chi connectivity index (χ2v) is 7.06. The molecule has 0 aliphatic heterocycles. The zero-order valence-corrected chi connectivity index (χ0v) is 17.0. The largest absolute Gasteiger partial charge is 0.497 e. The van der Waals surface area contributed by atoms with Gasteiger partial charge in [0.1, 0.15) is 5.75 Å². The van der Waals surface area contributed by atoms with Gasteiger partial charge in [0.25, 0.3) is 5.91 Å². The molecule has 0 atom stereocenters. The topological polar surface area (TPSA) is 56.1 Å². The fourth-order valence-corrected chi connectivity index (χ4v) is 3.23. The first kappa shape index (κ1) is 19.5. The van der Waals surface area contributed by atoms with Gasteiger partial charge in [-0.3, -0.25) is 4.79 Å². The SMILES string of the molecule is COc1ccc(-c2nn(-c3ccccc3)cc2CNC(=O)c2ccc(C)cc2)cc1. The van der Waals surface area contributed by atoms with Crippen molar-refractivity contribution in [1.29, 1.82) is 0 Å². The second-order valence-electron chi connectivity index (χ2n) is 7.06. The number of rotatable bonds is 6. The van der Waals surface area contributed by atoms with Gasteiger partial charge in [0.2, 0.25) is 0 Å². The Morgan fingerprint density at radius 1 is 0.967 bits per heavy atom. The van der Waals surface area contributed by atoms with Gasteiger partial charge < -0.3 is 10.1 Å². The van der Waals surface area contributed by atoms with Crippen LogP contribution in [0.25, 0.3) is 16.9 Å². The van der Waals surface area contributed by atoms with Crippen LogP contribution < -0.4 is 10.1 Å². The molecule has 3 aromatic carbocycles. The van der Waals surface area contributed by atoms with E-state index in [2.05, 4.69) is 5.32 Å². The first-order valence-corrected chi connectivity index (χ1v) is 9.77. The van der Waals surface area contributed by atoms with Crippen LogP contribution in [0.15, 0.2) is 85.1 Å². The first-order valence-electron chi connectivity index (χ1n) is 9.77. The van der Waals surface area contributed by atoms with Crippen LogP contribution in [0.3, 0.4) is 0 Å². The van der Waals surface area contributed by atoms with Gasteiger partial charge in [0.05, 0.1) is 18.5 Å². The molecule has 150 valence electrons. The van der Waals surface area contributed by atoms with E-state index in [1.165, 1.54) is 0 Å². The monoisotopic (exact) mass is 397 g/mol. The van der Waals surface area contributed by atoms with Crippen molar-refractivity contribution in [1.82, 2.24) is 15.1 Å². The van der Waals surface area contributed by atoms with Gasteiger partial charge in [-0.25, -0.2) is 4.68 Å². The lowest BCUT2D eigenvalue weighted by Gasteiger charge is -2.07. The lowest BCUT2D eigenvalue weighted by molar-refractivity contribution is 0.0951. The molecule has 30 heavy (non-hydrogen) atoms. The van der Waals surface area contributed by atoms with Crippen molar-refractivity contribution in [2.24, 2.45) is 0 Å². The molecule has 0 radical (unpaired) electrons. The van der Waals surface area contributed by atoms with E-state index in [0.29, 0.717) is 12.1 Å². The van der Waals surface area contributed by atoms with Crippen LogP contribution >= 0.6 is 0 Å². The molecule has 1 N–H and O–H groups in total. The Morgan fingerprint density at radius 3 is 2.33 bits per heavy atom. The zero-order valence-electron chi connectivity index (χ0n) is 17.0. The van der Waals surface area contributed by atoms with Crippen molar-refractivity contribution in [3.05, 3.63) is 102 Å². The minimum Gasteiger partial charge on any atom is -0.497 e. The van der Waals surface area contributed by atoms with Gasteiger partial charge in [-0.2, -0.15) is 5.10 Å². The summed E-state index contributed by atoms with van der Waals surface area (Å²) in [6.07, 6.45) is 1.96. The molecule has 1 aromatic heterocycles. The second kappa shape index (κ2) is 8.66. The van der Waals surface area contributed by atoms with Crippen LogP contribution in [0.2, 0.25) is 0 Å². The van der Waals surface area contributed by atoms with Crippen LogP contribution in [0.4, 0.5) is 0 Å². The molecule has 0 saturated carbocycles. The summed E-state index contributed by atoms with van der Waals surface area (Å²) in [5.41, 5.74) is 5.45. The van der Waals surface area contributed by atoms with Crippen molar-refractivity contribution < 1.29 is 9.53 Å². The Kier molecular flexibility index (Phi) is 5.61. The number of para-hydroxylation sites is 1. The summed E-state index contributed by atoms with van der Waals surface area (Å²) in [6, 6.07) is 25.2. The van der Waals surface area contributed by atoms with Crippen molar-refractivity contribution >= 4 is 5.91 Å². The number of carbonyl (C=O) groups is 1. The highest BCUT2D eigenvalue weighted by atomic mass is 16.5. The summed E-state index contributed by atoms with van der Waals surface area (Å²) in [5.74, 6) is 0.679. The number of carbonyl (C=O) groups excluding carboxylic acids is 1. The number of nitrogens with zero attached hydrogens (tertiary/aromatic N) is 2. The number of aromatic nitrogens is 2. The number of methoxy groups -OCH3 is 1. The van der Waals surface area contributed by atoms with Crippen molar-refractivity contribution in [3.63, 3.8) is 0 Å². The minimum absolute atomic E-state index is 0.108. The van der Waals surface area contributed by atoms with E-state index in [9.17, 15) is 4.79 Å². The van der Waals surface area contributed by atoms with E-state index in [4.69, 9.17) is 9.84 Å². The Bertz CT molecular complexity index is 1130. The normalized spacial score (nSPS) is 10.6. The Labute approximate surface area is 175 Å². The average Bonchev–Trinajstić information content (AvgIpc) is 3.23. The van der Waals surface area contributed by atoms with Gasteiger partial charge in [-0.1, -0.05) is 35.9 Å². The summed E-state index contributed by atoms with van der Waals surface area (Å²) in [5, 5.41) is 7.81. The predicted octanol–water partition coefficient (Wildman–Crippen LogP) is 4.79. The number of aryl methyl sites for hydroxylation is 1. The molecular weight excluding hydrogens is 374 g/mol. The summed E-state index contributed by atoms with van der Waals surface area (Å²) < 4.78 is 7.10. The molecular formula is C25H23N3O2. The van der Waals surface area contributed by atoms with Crippen LogP contribution in [0.5, 0.6) is 5.75 Å². The van der Waals surface area contributed by atoms with E-state index >= 15 is 0 Å². The summed E-state index contributed by atoms with van der Waals surface area (Å²) >= 11 is 0. The number of ether oxygens (including phenoxy) is 1. The van der Waals surface area contributed by atoms with Gasteiger partial charge >= 0.3 is 0 Å². The average molecular weight is 397 g/mol. The predicted molar refractivity (Wildman–Crippen MR) is 118 cm³/mol. The standard InChI is InChI=1S/C25H23N3O2/c1-18-8-10-20(11-9-18)25(29)26-16-21-17-28(22-6-4-3-5-7-22)27-24(21)19-12-14-23(30-2)15-13-19/h3-15,17H,16H2,1-2H3,(H,26,29). The van der Waals surface area contributed by atoms with E-state index < -0.39 is 0 Å². The van der Waals surface area contributed by atoms with Crippen LogP contribution in [-0.4, -0.2) is 22.8 Å². The maximum Gasteiger partial charge on any atom is 0.251 e. The van der Waals surface area contributed by atoms with E-state index in [1.807, 2.05) is 96.7 Å². The Hall–Kier alpha value is -3.86. The third-order valence-corrected chi connectivity index (χ3v) is 4.93. The van der Waals surface area contributed by atoms with E-state index in [-0.39, 0.29) is 5.91 Å². The molecule has 0 bridgehead atoms. The van der Waals surface area contributed by atoms with Gasteiger partial charge in [0, 0.05) is 29.4 Å². The molecule has 0 aliphatic rings. The fraction of sp³-hybridized carbons (Fsp3) is 0.120. The number of nitrogens with one attached hydrogen (secondary N) is 1. The maximum atomic E-state index is 12.6. The minimum atomic E-state index is -0.108. The lowest BCUT2D eigenvalue weighted by atomic mass is 10.1. The van der Waals surface area contributed by atoms with Crippen LogP contribution in [0, 0.1) is 6.92 Å². The molecule has 4 rings (SSSR count). The molecule has 5 nitrogen and oxygen atoms in total. The summed E-state index contributed by atoms with van der Waals surface area (Å²) in [4.78, 5) is 12.6. The van der Waals surface area contributed by atoms with Crippen molar-refractivity contribution in [2.45, 2.75) is 13.5 Å². The molecule has 0 spiro atoms. The summed E-state index contributed by atoms with van der Waals surface area (Å²) in [7, 11) is 1.64. The summed E-state index contributed by atoms with van der Waals surface area (Å²) in [6.45, 7) is 2.38. The van der Waals surface area contributed by atoms with Gasteiger partial charge in [-0.05, 0) is 55.5 Å². The van der Waals surface area contributed by atoms with Crippen LogP contribution in [0.1, 0.15) is 21.5 Å². The molecule has 0 fully saturated rings. The Morgan fingerprint density at radius 2 is 1.67 bits per heavy atom. The first-order chi connectivity index (χ1) is 14.6. The third-order valence-electron chi connectivity index (χ3n) is 4.93. The molecule has 1 heterocycles. The van der Waals surface area contributed by atoms with E-state index in [0.717, 1.165) is 33.8 Å². The van der Waals surface area contributed by atoms with Gasteiger partial charge in [-0.15, -0.1) is 0 Å². The third kappa shape index (κ3) is 4.25. The lowest BCUT2D eigenvalue weighted by Crippen LogP contribution is -2.22. The maximum absolute atomic E-state index is 12.6. The number of benzene rings is 3.